The number of aliphatic hydroxyl groups excluding tert-OH is 1. The Morgan fingerprint density at radius 2 is 2.17 bits per heavy atom. The standard InChI is InChI=1S/C13H24N4O/c1-3-17-13(12(14)9(2)16-17)15-8-10-6-4-5-7-11(10)18/h10-11,15,18H,3-8,14H2,1-2H3. The van der Waals surface area contributed by atoms with Crippen molar-refractivity contribution in [2.75, 3.05) is 17.6 Å². The summed E-state index contributed by atoms with van der Waals surface area (Å²) in [7, 11) is 0. The largest absolute Gasteiger partial charge is 0.394 e. The van der Waals surface area contributed by atoms with Crippen molar-refractivity contribution < 1.29 is 5.11 Å². The van der Waals surface area contributed by atoms with Gasteiger partial charge in [-0.25, -0.2) is 4.68 Å². The zero-order valence-electron chi connectivity index (χ0n) is 11.3. The Morgan fingerprint density at radius 3 is 2.83 bits per heavy atom. The smallest absolute Gasteiger partial charge is 0.148 e. The lowest BCUT2D eigenvalue weighted by Crippen LogP contribution is -2.30. The molecule has 2 unspecified atom stereocenters. The van der Waals surface area contributed by atoms with Gasteiger partial charge in [-0.15, -0.1) is 0 Å². The molecule has 102 valence electrons. The molecule has 0 aliphatic heterocycles. The van der Waals surface area contributed by atoms with Crippen LogP contribution in [0.2, 0.25) is 0 Å². The molecule has 5 nitrogen and oxygen atoms in total. The highest BCUT2D eigenvalue weighted by Gasteiger charge is 2.23. The SMILES string of the molecule is CCn1nc(C)c(N)c1NCC1CCCCC1O. The lowest BCUT2D eigenvalue weighted by molar-refractivity contribution is 0.0762. The number of hydrogen-bond acceptors (Lipinski definition) is 4. The number of anilines is 2. The van der Waals surface area contributed by atoms with Crippen LogP contribution in [0.4, 0.5) is 11.5 Å². The van der Waals surface area contributed by atoms with Gasteiger partial charge in [0.2, 0.25) is 0 Å². The summed E-state index contributed by atoms with van der Waals surface area (Å²) in [5, 5.41) is 17.7. The zero-order chi connectivity index (χ0) is 13.1. The molecule has 5 heteroatoms. The number of aromatic nitrogens is 2. The van der Waals surface area contributed by atoms with E-state index in [4.69, 9.17) is 5.73 Å². The fourth-order valence-electron chi connectivity index (χ4n) is 2.66. The fraction of sp³-hybridized carbons (Fsp3) is 0.769. The minimum absolute atomic E-state index is 0.174. The van der Waals surface area contributed by atoms with Gasteiger partial charge in [0.15, 0.2) is 0 Å². The topological polar surface area (TPSA) is 76.1 Å². The van der Waals surface area contributed by atoms with Crippen molar-refractivity contribution >= 4 is 11.5 Å². The summed E-state index contributed by atoms with van der Waals surface area (Å²) >= 11 is 0. The number of nitrogens with zero attached hydrogens (tertiary/aromatic N) is 2. The molecule has 1 aliphatic carbocycles. The Labute approximate surface area is 108 Å². The van der Waals surface area contributed by atoms with Gasteiger partial charge in [-0.1, -0.05) is 12.8 Å². The molecule has 1 heterocycles. The molecule has 0 aromatic carbocycles. The Kier molecular flexibility index (Phi) is 4.11. The highest BCUT2D eigenvalue weighted by Crippen LogP contribution is 2.27. The predicted molar refractivity (Wildman–Crippen MR) is 73.5 cm³/mol. The Bertz CT molecular complexity index is 402. The van der Waals surface area contributed by atoms with E-state index in [0.717, 1.165) is 49.6 Å². The van der Waals surface area contributed by atoms with Crippen LogP contribution in [0.15, 0.2) is 0 Å². The molecule has 18 heavy (non-hydrogen) atoms. The quantitative estimate of drug-likeness (QED) is 0.763. The van der Waals surface area contributed by atoms with E-state index >= 15 is 0 Å². The van der Waals surface area contributed by atoms with E-state index in [9.17, 15) is 5.11 Å². The number of nitrogen functional groups attached to an aromatic ring is 1. The lowest BCUT2D eigenvalue weighted by Gasteiger charge is -2.28. The molecule has 0 spiro atoms. The van der Waals surface area contributed by atoms with Crippen molar-refractivity contribution in [2.45, 2.75) is 52.2 Å². The summed E-state index contributed by atoms with van der Waals surface area (Å²) in [4.78, 5) is 0. The second kappa shape index (κ2) is 5.61. The van der Waals surface area contributed by atoms with E-state index in [1.165, 1.54) is 6.42 Å². The number of aryl methyl sites for hydroxylation is 2. The van der Waals surface area contributed by atoms with Gasteiger partial charge >= 0.3 is 0 Å². The van der Waals surface area contributed by atoms with Crippen molar-refractivity contribution in [1.82, 2.24) is 9.78 Å². The Morgan fingerprint density at radius 1 is 1.44 bits per heavy atom. The van der Waals surface area contributed by atoms with Gasteiger partial charge in [-0.05, 0) is 26.7 Å². The van der Waals surface area contributed by atoms with Gasteiger partial charge in [0.1, 0.15) is 5.82 Å². The average Bonchev–Trinajstić information content (AvgIpc) is 2.65. The molecule has 0 amide bonds. The first-order valence-electron chi connectivity index (χ1n) is 6.88. The summed E-state index contributed by atoms with van der Waals surface area (Å²) in [5.74, 6) is 1.23. The second-order valence-corrected chi connectivity index (χ2v) is 5.16. The van der Waals surface area contributed by atoms with Crippen molar-refractivity contribution in [3.63, 3.8) is 0 Å². The third-order valence-corrected chi connectivity index (χ3v) is 3.87. The summed E-state index contributed by atoms with van der Waals surface area (Å²) in [6.07, 6.45) is 4.20. The maximum absolute atomic E-state index is 9.95. The molecule has 1 aromatic heterocycles. The molecule has 0 bridgehead atoms. The maximum atomic E-state index is 9.95. The van der Waals surface area contributed by atoms with Crippen LogP contribution in [-0.2, 0) is 6.54 Å². The summed E-state index contributed by atoms with van der Waals surface area (Å²) in [6.45, 7) is 5.54. The first kappa shape index (κ1) is 13.2. The van der Waals surface area contributed by atoms with Crippen LogP contribution < -0.4 is 11.1 Å². The summed E-state index contributed by atoms with van der Waals surface area (Å²) in [6, 6.07) is 0. The molecular weight excluding hydrogens is 228 g/mol. The molecule has 4 N–H and O–H groups in total. The van der Waals surface area contributed by atoms with Crippen molar-refractivity contribution in [2.24, 2.45) is 5.92 Å². The van der Waals surface area contributed by atoms with Crippen LogP contribution >= 0.6 is 0 Å². The molecular formula is C13H24N4O. The number of rotatable bonds is 4. The Hall–Kier alpha value is -1.23. The van der Waals surface area contributed by atoms with Crippen LogP contribution in [0, 0.1) is 12.8 Å². The molecule has 2 rings (SSSR count). The Balaban J connectivity index is 2.01. The number of nitrogens with two attached hydrogens (primary N) is 1. The molecule has 0 radical (unpaired) electrons. The van der Waals surface area contributed by atoms with Crippen LogP contribution in [0.25, 0.3) is 0 Å². The maximum Gasteiger partial charge on any atom is 0.148 e. The minimum Gasteiger partial charge on any atom is -0.394 e. The van der Waals surface area contributed by atoms with Gasteiger partial charge in [-0.2, -0.15) is 5.10 Å². The van der Waals surface area contributed by atoms with E-state index < -0.39 is 0 Å². The number of nitrogens with one attached hydrogen (secondary N) is 1. The number of hydrogen-bond donors (Lipinski definition) is 3. The monoisotopic (exact) mass is 252 g/mol. The average molecular weight is 252 g/mol. The molecule has 0 saturated heterocycles. The van der Waals surface area contributed by atoms with E-state index in [0.29, 0.717) is 5.92 Å². The molecule has 1 fully saturated rings. The van der Waals surface area contributed by atoms with Gasteiger partial charge < -0.3 is 16.2 Å². The fourth-order valence-corrected chi connectivity index (χ4v) is 2.66. The summed E-state index contributed by atoms with van der Waals surface area (Å²) < 4.78 is 1.89. The number of aliphatic hydroxyl groups is 1. The van der Waals surface area contributed by atoms with E-state index in [1.807, 2.05) is 18.5 Å². The normalized spacial score (nSPS) is 24.2. The van der Waals surface area contributed by atoms with Crippen molar-refractivity contribution in [3.05, 3.63) is 5.69 Å². The van der Waals surface area contributed by atoms with Gasteiger partial charge in [0.05, 0.1) is 17.5 Å². The van der Waals surface area contributed by atoms with Crippen LogP contribution in [-0.4, -0.2) is 27.5 Å². The van der Waals surface area contributed by atoms with E-state index in [-0.39, 0.29) is 6.10 Å². The molecule has 1 aliphatic rings. The molecule has 1 aromatic rings. The van der Waals surface area contributed by atoms with Gasteiger partial charge in [-0.3, -0.25) is 0 Å². The van der Waals surface area contributed by atoms with Crippen LogP contribution in [0.3, 0.4) is 0 Å². The minimum atomic E-state index is -0.174. The summed E-state index contributed by atoms with van der Waals surface area (Å²) in [5.41, 5.74) is 7.61. The first-order chi connectivity index (χ1) is 8.63. The predicted octanol–water partition coefficient (Wildman–Crippen LogP) is 1.76. The van der Waals surface area contributed by atoms with Gasteiger partial charge in [0.25, 0.3) is 0 Å². The van der Waals surface area contributed by atoms with Crippen molar-refractivity contribution in [3.8, 4) is 0 Å². The second-order valence-electron chi connectivity index (χ2n) is 5.16. The third-order valence-electron chi connectivity index (χ3n) is 3.87. The van der Waals surface area contributed by atoms with E-state index in [2.05, 4.69) is 10.4 Å². The lowest BCUT2D eigenvalue weighted by atomic mass is 9.86. The first-order valence-corrected chi connectivity index (χ1v) is 6.88. The van der Waals surface area contributed by atoms with Gasteiger partial charge in [0, 0.05) is 19.0 Å². The third kappa shape index (κ3) is 2.61. The van der Waals surface area contributed by atoms with Crippen molar-refractivity contribution in [1.29, 1.82) is 0 Å². The molecule has 2 atom stereocenters. The zero-order valence-corrected chi connectivity index (χ0v) is 11.3. The van der Waals surface area contributed by atoms with Crippen LogP contribution in [0.1, 0.15) is 38.3 Å². The molecule has 1 saturated carbocycles. The highest BCUT2D eigenvalue weighted by molar-refractivity contribution is 5.64. The highest BCUT2D eigenvalue weighted by atomic mass is 16.3. The van der Waals surface area contributed by atoms with E-state index in [1.54, 1.807) is 0 Å². The van der Waals surface area contributed by atoms with Crippen LogP contribution in [0.5, 0.6) is 0 Å².